The minimum absolute atomic E-state index is 0.0714. The number of carbonyl (C=O) groups excluding carboxylic acids is 2. The fourth-order valence-electron chi connectivity index (χ4n) is 3.53. The van der Waals surface area contributed by atoms with Crippen LogP contribution in [-0.4, -0.2) is 39.9 Å². The first kappa shape index (κ1) is 22.0. The van der Waals surface area contributed by atoms with E-state index in [1.165, 1.54) is 0 Å². The molecule has 2 aromatic rings. The lowest BCUT2D eigenvalue weighted by atomic mass is 10.1. The number of aryl methyl sites for hydroxylation is 2. The molecule has 30 heavy (non-hydrogen) atoms. The topological polar surface area (TPSA) is 95.6 Å². The molecule has 1 aliphatic rings. The number of sulfonamides is 1. The number of rotatable bonds is 7. The lowest BCUT2D eigenvalue weighted by Gasteiger charge is -2.16. The lowest BCUT2D eigenvalue weighted by Crippen LogP contribution is -2.35. The van der Waals surface area contributed by atoms with Gasteiger partial charge >= 0.3 is 0 Å². The molecule has 2 aromatic carbocycles. The van der Waals surface area contributed by atoms with E-state index < -0.39 is 10.0 Å². The molecule has 1 aliphatic heterocycles. The van der Waals surface area contributed by atoms with Crippen molar-refractivity contribution >= 4 is 27.5 Å². The SMILES string of the molecule is CCC(=O)N1CCc2cc(C(=O)NCCNS(=O)(=O)c3cc(C)ccc3C)ccc21. The number of carbonyl (C=O) groups is 2. The van der Waals surface area contributed by atoms with E-state index in [1.807, 2.05) is 19.9 Å². The van der Waals surface area contributed by atoms with E-state index in [0.29, 0.717) is 24.1 Å². The van der Waals surface area contributed by atoms with E-state index in [0.717, 1.165) is 23.2 Å². The van der Waals surface area contributed by atoms with Gasteiger partial charge in [0.2, 0.25) is 15.9 Å². The molecule has 0 atom stereocenters. The molecule has 0 spiro atoms. The van der Waals surface area contributed by atoms with Gasteiger partial charge in [-0.3, -0.25) is 9.59 Å². The van der Waals surface area contributed by atoms with Crippen molar-refractivity contribution in [1.82, 2.24) is 10.0 Å². The fourth-order valence-corrected chi connectivity index (χ4v) is 4.89. The highest BCUT2D eigenvalue weighted by Gasteiger charge is 2.24. The van der Waals surface area contributed by atoms with Gasteiger partial charge in [-0.25, -0.2) is 13.1 Å². The van der Waals surface area contributed by atoms with Gasteiger partial charge in [0.15, 0.2) is 0 Å². The zero-order valence-corrected chi connectivity index (χ0v) is 18.3. The van der Waals surface area contributed by atoms with Crippen LogP contribution in [0, 0.1) is 13.8 Å². The smallest absolute Gasteiger partial charge is 0.251 e. The Labute approximate surface area is 177 Å². The number of nitrogens with one attached hydrogen (secondary N) is 2. The highest BCUT2D eigenvalue weighted by molar-refractivity contribution is 7.89. The summed E-state index contributed by atoms with van der Waals surface area (Å²) in [7, 11) is -3.64. The summed E-state index contributed by atoms with van der Waals surface area (Å²) in [6.45, 7) is 6.31. The number of anilines is 1. The van der Waals surface area contributed by atoms with Gasteiger partial charge in [-0.2, -0.15) is 0 Å². The van der Waals surface area contributed by atoms with Crippen molar-refractivity contribution < 1.29 is 18.0 Å². The van der Waals surface area contributed by atoms with Crippen LogP contribution in [0.1, 0.15) is 40.4 Å². The zero-order chi connectivity index (χ0) is 21.9. The molecule has 0 fully saturated rings. The van der Waals surface area contributed by atoms with Gasteiger partial charge in [0.1, 0.15) is 0 Å². The summed E-state index contributed by atoms with van der Waals surface area (Å²) in [5.41, 5.74) is 3.87. The van der Waals surface area contributed by atoms with Crippen molar-refractivity contribution in [2.45, 2.75) is 38.5 Å². The van der Waals surface area contributed by atoms with Gasteiger partial charge in [-0.05, 0) is 61.2 Å². The zero-order valence-electron chi connectivity index (χ0n) is 17.5. The van der Waals surface area contributed by atoms with E-state index >= 15 is 0 Å². The Morgan fingerprint density at radius 3 is 2.57 bits per heavy atom. The number of benzene rings is 2. The van der Waals surface area contributed by atoms with Crippen LogP contribution in [0.25, 0.3) is 0 Å². The molecule has 160 valence electrons. The van der Waals surface area contributed by atoms with Gasteiger partial charge < -0.3 is 10.2 Å². The molecule has 0 unspecified atom stereocenters. The van der Waals surface area contributed by atoms with E-state index in [9.17, 15) is 18.0 Å². The molecule has 0 saturated carbocycles. The number of nitrogens with zero attached hydrogens (tertiary/aromatic N) is 1. The first-order valence-corrected chi connectivity index (χ1v) is 11.5. The molecule has 8 heteroatoms. The third-order valence-electron chi connectivity index (χ3n) is 5.18. The Balaban J connectivity index is 1.57. The van der Waals surface area contributed by atoms with Gasteiger partial charge in [0, 0.05) is 37.3 Å². The Morgan fingerprint density at radius 2 is 1.83 bits per heavy atom. The van der Waals surface area contributed by atoms with Crippen molar-refractivity contribution in [3.63, 3.8) is 0 Å². The Bertz CT molecular complexity index is 1080. The Morgan fingerprint density at radius 1 is 1.07 bits per heavy atom. The van der Waals surface area contributed by atoms with Gasteiger partial charge in [0.25, 0.3) is 5.91 Å². The standard InChI is InChI=1S/C22H27N3O4S/c1-4-21(26)25-12-9-17-14-18(7-8-19(17)25)22(27)23-10-11-24-30(28,29)20-13-15(2)5-6-16(20)3/h5-8,13-14,24H,4,9-12H2,1-3H3,(H,23,27). The van der Waals surface area contributed by atoms with Gasteiger partial charge in [-0.1, -0.05) is 19.1 Å². The maximum atomic E-state index is 12.5. The molecule has 0 aromatic heterocycles. The van der Waals surface area contributed by atoms with Gasteiger partial charge in [-0.15, -0.1) is 0 Å². The molecule has 0 radical (unpaired) electrons. The molecule has 0 bridgehead atoms. The number of fused-ring (bicyclic) bond motifs is 1. The second kappa shape index (κ2) is 8.97. The summed E-state index contributed by atoms with van der Waals surface area (Å²) < 4.78 is 27.5. The summed E-state index contributed by atoms with van der Waals surface area (Å²) in [5, 5.41) is 2.74. The first-order valence-electron chi connectivity index (χ1n) is 10.0. The van der Waals surface area contributed by atoms with E-state index in [2.05, 4.69) is 10.0 Å². The van der Waals surface area contributed by atoms with E-state index in [1.54, 1.807) is 42.2 Å². The number of hydrogen-bond donors (Lipinski definition) is 2. The summed E-state index contributed by atoms with van der Waals surface area (Å²) in [6, 6.07) is 10.6. The van der Waals surface area contributed by atoms with Crippen LogP contribution in [0.3, 0.4) is 0 Å². The average molecular weight is 430 g/mol. The monoisotopic (exact) mass is 429 g/mol. The minimum atomic E-state index is -3.64. The van der Waals surface area contributed by atoms with E-state index in [4.69, 9.17) is 0 Å². The lowest BCUT2D eigenvalue weighted by molar-refractivity contribution is -0.118. The summed E-state index contributed by atoms with van der Waals surface area (Å²) in [6.07, 6.45) is 1.16. The fraction of sp³-hybridized carbons (Fsp3) is 0.364. The van der Waals surface area contributed by atoms with Crippen LogP contribution < -0.4 is 14.9 Å². The van der Waals surface area contributed by atoms with Crippen LogP contribution in [0.4, 0.5) is 5.69 Å². The Kier molecular flexibility index (Phi) is 6.58. The highest BCUT2D eigenvalue weighted by atomic mass is 32.2. The highest BCUT2D eigenvalue weighted by Crippen LogP contribution is 2.29. The number of hydrogen-bond acceptors (Lipinski definition) is 4. The molecule has 0 saturated heterocycles. The van der Waals surface area contributed by atoms with Gasteiger partial charge in [0.05, 0.1) is 4.90 Å². The largest absolute Gasteiger partial charge is 0.351 e. The Hall–Kier alpha value is -2.71. The quantitative estimate of drug-likeness (QED) is 0.660. The second-order valence-electron chi connectivity index (χ2n) is 7.42. The van der Waals surface area contributed by atoms with Crippen molar-refractivity contribution in [1.29, 1.82) is 0 Å². The summed E-state index contributed by atoms with van der Waals surface area (Å²) in [4.78, 5) is 26.4. The maximum absolute atomic E-state index is 12.5. The van der Waals surface area contributed by atoms with Crippen molar-refractivity contribution in [2.75, 3.05) is 24.5 Å². The first-order chi connectivity index (χ1) is 14.2. The molecule has 3 rings (SSSR count). The molecular weight excluding hydrogens is 402 g/mol. The van der Waals surface area contributed by atoms with Crippen LogP contribution >= 0.6 is 0 Å². The van der Waals surface area contributed by atoms with Crippen LogP contribution in [0.5, 0.6) is 0 Å². The molecule has 1 heterocycles. The van der Waals surface area contributed by atoms with Crippen LogP contribution in [-0.2, 0) is 21.2 Å². The predicted octanol–water partition coefficient (Wildman–Crippen LogP) is 2.31. The molecule has 7 nitrogen and oxygen atoms in total. The van der Waals surface area contributed by atoms with Crippen molar-refractivity contribution in [3.8, 4) is 0 Å². The normalized spacial score (nSPS) is 13.2. The number of amides is 2. The molecule has 0 aliphatic carbocycles. The molecule has 2 N–H and O–H groups in total. The molecule has 2 amide bonds. The van der Waals surface area contributed by atoms with Crippen molar-refractivity contribution in [3.05, 3.63) is 58.7 Å². The summed E-state index contributed by atoms with van der Waals surface area (Å²) >= 11 is 0. The van der Waals surface area contributed by atoms with Crippen molar-refractivity contribution in [2.24, 2.45) is 0 Å². The molecular formula is C22H27N3O4S. The average Bonchev–Trinajstić information content (AvgIpc) is 3.15. The maximum Gasteiger partial charge on any atom is 0.251 e. The van der Waals surface area contributed by atoms with E-state index in [-0.39, 0.29) is 29.8 Å². The van der Waals surface area contributed by atoms with Crippen LogP contribution in [0.15, 0.2) is 41.3 Å². The van der Waals surface area contributed by atoms with Crippen LogP contribution in [0.2, 0.25) is 0 Å². The minimum Gasteiger partial charge on any atom is -0.351 e. The summed E-state index contributed by atoms with van der Waals surface area (Å²) in [5.74, 6) is -0.203. The second-order valence-corrected chi connectivity index (χ2v) is 9.15. The third-order valence-corrected chi connectivity index (χ3v) is 6.78. The third kappa shape index (κ3) is 4.71. The predicted molar refractivity (Wildman–Crippen MR) is 116 cm³/mol.